The lowest BCUT2D eigenvalue weighted by Gasteiger charge is -2.32. The molecule has 1 aromatic heterocycles. The third kappa shape index (κ3) is 4.08. The van der Waals surface area contributed by atoms with Gasteiger partial charge in [0.25, 0.3) is 11.8 Å². The highest BCUT2D eigenvalue weighted by molar-refractivity contribution is 6.08. The number of nitrogens with zero attached hydrogens (tertiary/aromatic N) is 4. The molecule has 0 bridgehead atoms. The summed E-state index contributed by atoms with van der Waals surface area (Å²) in [6, 6.07) is 14.6. The van der Waals surface area contributed by atoms with E-state index in [1.807, 2.05) is 37.4 Å². The van der Waals surface area contributed by atoms with Crippen LogP contribution < -0.4 is 5.32 Å². The van der Waals surface area contributed by atoms with Crippen molar-refractivity contribution in [1.82, 2.24) is 19.6 Å². The summed E-state index contributed by atoms with van der Waals surface area (Å²) in [5.41, 5.74) is 1.16. The lowest BCUT2D eigenvalue weighted by molar-refractivity contribution is 0.0665. The molecule has 0 aliphatic carbocycles. The normalized spacial score (nSPS) is 14.5. The Labute approximate surface area is 173 Å². The Hall–Kier alpha value is -3.52. The monoisotopic (exact) mass is 407 g/mol. The SMILES string of the molecule is CN1CCN(C(=O)c2cnn(-c3ccccc3)c2NC(=O)c2cccc(F)c2)CC1. The maximum Gasteiger partial charge on any atom is 0.259 e. The topological polar surface area (TPSA) is 70.5 Å². The molecule has 1 N–H and O–H groups in total. The Morgan fingerprint density at radius 2 is 1.73 bits per heavy atom. The average Bonchev–Trinajstić information content (AvgIpc) is 3.18. The van der Waals surface area contributed by atoms with Crippen molar-refractivity contribution < 1.29 is 14.0 Å². The molecule has 1 fully saturated rings. The fraction of sp³-hybridized carbons (Fsp3) is 0.227. The van der Waals surface area contributed by atoms with Crippen LogP contribution in [0.4, 0.5) is 10.2 Å². The maximum absolute atomic E-state index is 13.6. The number of halogens is 1. The highest BCUT2D eigenvalue weighted by atomic mass is 19.1. The summed E-state index contributed by atoms with van der Waals surface area (Å²) in [5.74, 6) is -0.952. The number of hydrogen-bond acceptors (Lipinski definition) is 4. The van der Waals surface area contributed by atoms with Crippen LogP contribution in [0.25, 0.3) is 5.69 Å². The molecule has 1 saturated heterocycles. The van der Waals surface area contributed by atoms with Crippen molar-refractivity contribution in [2.45, 2.75) is 0 Å². The average molecular weight is 407 g/mol. The van der Waals surface area contributed by atoms with Gasteiger partial charge in [0, 0.05) is 31.7 Å². The van der Waals surface area contributed by atoms with Gasteiger partial charge in [-0.3, -0.25) is 9.59 Å². The molecule has 1 aliphatic heterocycles. The zero-order chi connectivity index (χ0) is 21.1. The minimum Gasteiger partial charge on any atom is -0.336 e. The van der Waals surface area contributed by atoms with Crippen LogP contribution in [0.15, 0.2) is 60.8 Å². The first kappa shape index (κ1) is 19.8. The molecule has 2 heterocycles. The zero-order valence-corrected chi connectivity index (χ0v) is 16.6. The Kier molecular flexibility index (Phi) is 5.58. The third-order valence-corrected chi connectivity index (χ3v) is 5.11. The molecule has 0 unspecified atom stereocenters. The van der Waals surface area contributed by atoms with Gasteiger partial charge in [-0.25, -0.2) is 9.07 Å². The number of carbonyl (C=O) groups is 2. The third-order valence-electron chi connectivity index (χ3n) is 5.11. The van der Waals surface area contributed by atoms with Gasteiger partial charge in [-0.15, -0.1) is 0 Å². The van der Waals surface area contributed by atoms with Gasteiger partial charge < -0.3 is 15.1 Å². The van der Waals surface area contributed by atoms with Crippen molar-refractivity contribution in [2.75, 3.05) is 38.5 Å². The van der Waals surface area contributed by atoms with Crippen molar-refractivity contribution >= 4 is 17.6 Å². The second kappa shape index (κ2) is 8.46. The molecule has 3 aromatic rings. The van der Waals surface area contributed by atoms with E-state index in [0.717, 1.165) is 19.2 Å². The maximum atomic E-state index is 13.6. The number of nitrogens with one attached hydrogen (secondary N) is 1. The van der Waals surface area contributed by atoms with Crippen molar-refractivity contribution in [2.24, 2.45) is 0 Å². The molecular weight excluding hydrogens is 385 g/mol. The number of benzene rings is 2. The van der Waals surface area contributed by atoms with Gasteiger partial charge in [-0.05, 0) is 37.4 Å². The summed E-state index contributed by atoms with van der Waals surface area (Å²) in [6.07, 6.45) is 1.47. The van der Waals surface area contributed by atoms with Gasteiger partial charge in [0.15, 0.2) is 0 Å². The van der Waals surface area contributed by atoms with Crippen LogP contribution >= 0.6 is 0 Å². The van der Waals surface area contributed by atoms with Crippen molar-refractivity contribution in [3.05, 3.63) is 77.7 Å². The first-order valence-corrected chi connectivity index (χ1v) is 9.71. The van der Waals surface area contributed by atoms with E-state index >= 15 is 0 Å². The molecular formula is C22H22FN5O2. The highest BCUT2D eigenvalue weighted by Crippen LogP contribution is 2.23. The van der Waals surface area contributed by atoms with Crippen LogP contribution in [0.1, 0.15) is 20.7 Å². The Morgan fingerprint density at radius 1 is 1.00 bits per heavy atom. The van der Waals surface area contributed by atoms with Gasteiger partial charge in [0.1, 0.15) is 17.2 Å². The van der Waals surface area contributed by atoms with Crippen LogP contribution in [-0.2, 0) is 0 Å². The van der Waals surface area contributed by atoms with Gasteiger partial charge in [-0.2, -0.15) is 5.10 Å². The van der Waals surface area contributed by atoms with Crippen LogP contribution in [0.3, 0.4) is 0 Å². The van der Waals surface area contributed by atoms with E-state index in [0.29, 0.717) is 24.3 Å². The fourth-order valence-corrected chi connectivity index (χ4v) is 3.38. The first-order valence-electron chi connectivity index (χ1n) is 9.71. The van der Waals surface area contributed by atoms with E-state index in [1.54, 1.807) is 4.90 Å². The molecule has 2 amide bonds. The molecule has 154 valence electrons. The number of rotatable bonds is 4. The molecule has 2 aromatic carbocycles. The first-order chi connectivity index (χ1) is 14.5. The van der Waals surface area contributed by atoms with Crippen molar-refractivity contribution in [3.63, 3.8) is 0 Å². The number of hydrogen-bond donors (Lipinski definition) is 1. The predicted molar refractivity (Wildman–Crippen MR) is 111 cm³/mol. The van der Waals surface area contributed by atoms with Crippen LogP contribution in [-0.4, -0.2) is 64.6 Å². The van der Waals surface area contributed by atoms with E-state index in [1.165, 1.54) is 29.1 Å². The van der Waals surface area contributed by atoms with E-state index < -0.39 is 11.7 Å². The smallest absolute Gasteiger partial charge is 0.259 e. The number of para-hydroxylation sites is 1. The second-order valence-corrected chi connectivity index (χ2v) is 7.21. The Morgan fingerprint density at radius 3 is 2.43 bits per heavy atom. The molecule has 0 atom stereocenters. The molecule has 1 aliphatic rings. The van der Waals surface area contributed by atoms with Crippen molar-refractivity contribution in [3.8, 4) is 5.69 Å². The molecule has 0 saturated carbocycles. The standard InChI is InChI=1S/C22H22FN5O2/c1-26-10-12-27(13-11-26)22(30)19-15-24-28(18-8-3-2-4-9-18)20(19)25-21(29)16-6-5-7-17(23)14-16/h2-9,14-15H,10-13H2,1H3,(H,25,29). The van der Waals surface area contributed by atoms with Gasteiger partial charge in [0.05, 0.1) is 11.9 Å². The summed E-state index contributed by atoms with van der Waals surface area (Å²) in [5, 5.41) is 7.12. The van der Waals surface area contributed by atoms with Gasteiger partial charge in [0.2, 0.25) is 0 Å². The predicted octanol–water partition coefficient (Wildman–Crippen LogP) is 2.65. The van der Waals surface area contributed by atoms with Crippen LogP contribution in [0.2, 0.25) is 0 Å². The van der Waals surface area contributed by atoms with Crippen LogP contribution in [0, 0.1) is 5.82 Å². The minimum absolute atomic E-state index is 0.161. The Balaban J connectivity index is 1.69. The minimum atomic E-state index is -0.514. The fourth-order valence-electron chi connectivity index (χ4n) is 3.38. The number of anilines is 1. The molecule has 0 radical (unpaired) electrons. The summed E-state index contributed by atoms with van der Waals surface area (Å²) >= 11 is 0. The number of piperazine rings is 1. The molecule has 8 heteroatoms. The zero-order valence-electron chi connectivity index (χ0n) is 16.6. The summed E-state index contributed by atoms with van der Waals surface area (Å²) in [7, 11) is 2.01. The number of amides is 2. The van der Waals surface area contributed by atoms with E-state index in [4.69, 9.17) is 0 Å². The number of carbonyl (C=O) groups excluding carboxylic acids is 2. The Bertz CT molecular complexity index is 1060. The van der Waals surface area contributed by atoms with Gasteiger partial charge >= 0.3 is 0 Å². The van der Waals surface area contributed by atoms with Gasteiger partial charge in [-0.1, -0.05) is 24.3 Å². The van der Waals surface area contributed by atoms with Crippen LogP contribution in [0.5, 0.6) is 0 Å². The number of likely N-dealkylation sites (N-methyl/N-ethyl adjacent to an activating group) is 1. The van der Waals surface area contributed by atoms with Crippen molar-refractivity contribution in [1.29, 1.82) is 0 Å². The van der Waals surface area contributed by atoms with E-state index in [2.05, 4.69) is 15.3 Å². The van der Waals surface area contributed by atoms with E-state index in [-0.39, 0.29) is 17.3 Å². The van der Waals surface area contributed by atoms with E-state index in [9.17, 15) is 14.0 Å². The molecule has 0 spiro atoms. The number of aromatic nitrogens is 2. The quantitative estimate of drug-likeness (QED) is 0.722. The second-order valence-electron chi connectivity index (χ2n) is 7.21. The lowest BCUT2D eigenvalue weighted by atomic mass is 10.2. The lowest BCUT2D eigenvalue weighted by Crippen LogP contribution is -2.47. The molecule has 30 heavy (non-hydrogen) atoms. The summed E-state index contributed by atoms with van der Waals surface area (Å²) in [4.78, 5) is 29.9. The highest BCUT2D eigenvalue weighted by Gasteiger charge is 2.27. The summed E-state index contributed by atoms with van der Waals surface area (Å²) in [6.45, 7) is 2.76. The molecule has 4 rings (SSSR count). The molecule has 7 nitrogen and oxygen atoms in total. The summed E-state index contributed by atoms with van der Waals surface area (Å²) < 4.78 is 15.1. The largest absolute Gasteiger partial charge is 0.336 e.